The number of nitrogens with zero attached hydrogens (tertiary/aromatic N) is 2. The lowest BCUT2D eigenvalue weighted by atomic mass is 9.99. The Morgan fingerprint density at radius 3 is 2.64 bits per heavy atom. The molecule has 0 aromatic heterocycles. The first-order valence-corrected chi connectivity index (χ1v) is 11.1. The van der Waals surface area contributed by atoms with Crippen molar-refractivity contribution in [2.24, 2.45) is 5.73 Å². The Labute approximate surface area is 166 Å². The van der Waals surface area contributed by atoms with Crippen LogP contribution in [0.1, 0.15) is 29.5 Å². The van der Waals surface area contributed by atoms with Gasteiger partial charge in [0.1, 0.15) is 0 Å². The summed E-state index contributed by atoms with van der Waals surface area (Å²) in [5.41, 5.74) is 9.35. The van der Waals surface area contributed by atoms with Gasteiger partial charge in [0.25, 0.3) is 10.0 Å². The third-order valence-corrected chi connectivity index (χ3v) is 7.37. The number of hydrogen-bond acceptors (Lipinski definition) is 4. The zero-order valence-electron chi connectivity index (χ0n) is 15.8. The summed E-state index contributed by atoms with van der Waals surface area (Å²) in [6.45, 7) is 1.90. The van der Waals surface area contributed by atoms with Crippen LogP contribution in [0, 0.1) is 0 Å². The van der Waals surface area contributed by atoms with Crippen molar-refractivity contribution in [1.29, 1.82) is 0 Å². The van der Waals surface area contributed by atoms with Gasteiger partial charge in [0.15, 0.2) is 0 Å². The average molecular weight is 400 g/mol. The zero-order chi connectivity index (χ0) is 19.7. The number of sulfonamides is 1. The number of amides is 1. The summed E-state index contributed by atoms with van der Waals surface area (Å²) >= 11 is 0. The minimum absolute atomic E-state index is 0.0198. The molecule has 0 unspecified atom stereocenters. The Kier molecular flexibility index (Phi) is 5.12. The van der Waals surface area contributed by atoms with E-state index in [1.807, 2.05) is 30.3 Å². The van der Waals surface area contributed by atoms with Crippen molar-refractivity contribution in [3.05, 3.63) is 59.2 Å². The van der Waals surface area contributed by atoms with E-state index >= 15 is 0 Å². The van der Waals surface area contributed by atoms with E-state index in [4.69, 9.17) is 5.73 Å². The summed E-state index contributed by atoms with van der Waals surface area (Å²) in [5, 5.41) is 0. The second kappa shape index (κ2) is 7.56. The maximum atomic E-state index is 13.4. The molecule has 2 heterocycles. The maximum Gasteiger partial charge on any atom is 0.264 e. The number of carbonyl (C=O) groups excluding carboxylic acids is 1. The highest BCUT2D eigenvalue weighted by Gasteiger charge is 2.30. The molecule has 0 saturated carbocycles. The highest BCUT2D eigenvalue weighted by atomic mass is 32.2. The van der Waals surface area contributed by atoms with Crippen molar-refractivity contribution < 1.29 is 13.2 Å². The first-order chi connectivity index (χ1) is 13.5. The van der Waals surface area contributed by atoms with Crippen molar-refractivity contribution in [2.75, 3.05) is 23.9 Å². The molecule has 0 bridgehead atoms. The normalized spacial score (nSPS) is 16.5. The minimum Gasteiger partial charge on any atom is -0.338 e. The predicted molar refractivity (Wildman–Crippen MR) is 109 cm³/mol. The summed E-state index contributed by atoms with van der Waals surface area (Å²) < 4.78 is 28.3. The lowest BCUT2D eigenvalue weighted by Crippen LogP contribution is -2.37. The first-order valence-electron chi connectivity index (χ1n) is 9.71. The highest BCUT2D eigenvalue weighted by Crippen LogP contribution is 2.33. The summed E-state index contributed by atoms with van der Waals surface area (Å²) in [7, 11) is -3.65. The van der Waals surface area contributed by atoms with Gasteiger partial charge in [0.05, 0.1) is 10.6 Å². The van der Waals surface area contributed by atoms with Crippen LogP contribution in [0.25, 0.3) is 0 Å². The molecular weight excluding hydrogens is 374 g/mol. The first kappa shape index (κ1) is 19.0. The van der Waals surface area contributed by atoms with Gasteiger partial charge in [-0.05, 0) is 54.2 Å². The molecule has 2 aromatic rings. The lowest BCUT2D eigenvalue weighted by Gasteiger charge is -2.32. The van der Waals surface area contributed by atoms with Crippen molar-refractivity contribution in [3.63, 3.8) is 0 Å². The topological polar surface area (TPSA) is 83.7 Å². The molecule has 2 aromatic carbocycles. The Balaban J connectivity index is 1.66. The SMILES string of the molecule is NCCC(=O)N1CCc2ccc(S(=O)(=O)N3CCCc4ccccc43)cc2C1. The van der Waals surface area contributed by atoms with Gasteiger partial charge in [0.2, 0.25) is 5.91 Å². The fourth-order valence-electron chi connectivity index (χ4n) is 4.06. The van der Waals surface area contributed by atoms with Gasteiger partial charge in [0, 0.05) is 32.6 Å². The number of benzene rings is 2. The standard InChI is InChI=1S/C21H25N3O3S/c22-11-9-21(25)23-13-10-16-7-8-19(14-18(16)15-23)28(26,27)24-12-3-5-17-4-1-2-6-20(17)24/h1-2,4,6-8,14H,3,5,9-13,15,22H2. The third kappa shape index (κ3) is 3.40. The largest absolute Gasteiger partial charge is 0.338 e. The van der Waals surface area contributed by atoms with Crippen LogP contribution in [0.2, 0.25) is 0 Å². The third-order valence-electron chi connectivity index (χ3n) is 5.56. The molecule has 0 atom stereocenters. The second-order valence-corrected chi connectivity index (χ2v) is 9.21. The Bertz CT molecular complexity index is 1000. The molecule has 28 heavy (non-hydrogen) atoms. The molecule has 0 saturated heterocycles. The summed E-state index contributed by atoms with van der Waals surface area (Å²) in [6.07, 6.45) is 2.75. The van der Waals surface area contributed by atoms with Gasteiger partial charge >= 0.3 is 0 Å². The molecular formula is C21H25N3O3S. The molecule has 0 fully saturated rings. The average Bonchev–Trinajstić information content (AvgIpc) is 2.72. The van der Waals surface area contributed by atoms with Crippen LogP contribution in [0.5, 0.6) is 0 Å². The molecule has 0 aliphatic carbocycles. The van der Waals surface area contributed by atoms with Gasteiger partial charge in [-0.15, -0.1) is 0 Å². The quantitative estimate of drug-likeness (QED) is 0.853. The fraction of sp³-hybridized carbons (Fsp3) is 0.381. The number of carbonyl (C=O) groups is 1. The molecule has 7 heteroatoms. The van der Waals surface area contributed by atoms with Crippen molar-refractivity contribution in [3.8, 4) is 0 Å². The van der Waals surface area contributed by atoms with Crippen LogP contribution in [-0.2, 0) is 34.2 Å². The summed E-state index contributed by atoms with van der Waals surface area (Å²) in [6, 6.07) is 13.0. The Hall–Kier alpha value is -2.38. The summed E-state index contributed by atoms with van der Waals surface area (Å²) in [5.74, 6) is 0.0198. The molecule has 2 aliphatic heterocycles. The molecule has 2 N–H and O–H groups in total. The molecule has 4 rings (SSSR count). The zero-order valence-corrected chi connectivity index (χ0v) is 16.6. The highest BCUT2D eigenvalue weighted by molar-refractivity contribution is 7.92. The van der Waals surface area contributed by atoms with E-state index in [2.05, 4.69) is 0 Å². The number of anilines is 1. The Morgan fingerprint density at radius 2 is 1.82 bits per heavy atom. The number of para-hydroxylation sites is 1. The van der Waals surface area contributed by atoms with Crippen LogP contribution in [0.3, 0.4) is 0 Å². The molecule has 0 radical (unpaired) electrons. The van der Waals surface area contributed by atoms with Gasteiger partial charge in [-0.3, -0.25) is 9.10 Å². The van der Waals surface area contributed by atoms with E-state index in [1.54, 1.807) is 17.0 Å². The van der Waals surface area contributed by atoms with E-state index in [0.29, 0.717) is 32.6 Å². The molecule has 2 aliphatic rings. The fourth-order valence-corrected chi connectivity index (χ4v) is 5.66. The second-order valence-electron chi connectivity index (χ2n) is 7.34. The number of rotatable bonds is 4. The summed E-state index contributed by atoms with van der Waals surface area (Å²) in [4.78, 5) is 14.2. The van der Waals surface area contributed by atoms with Crippen molar-refractivity contribution in [2.45, 2.75) is 37.1 Å². The molecule has 0 spiro atoms. The monoisotopic (exact) mass is 399 g/mol. The number of fused-ring (bicyclic) bond motifs is 2. The lowest BCUT2D eigenvalue weighted by molar-refractivity contribution is -0.131. The van der Waals surface area contributed by atoms with Crippen LogP contribution >= 0.6 is 0 Å². The molecule has 6 nitrogen and oxygen atoms in total. The van der Waals surface area contributed by atoms with E-state index < -0.39 is 10.0 Å². The van der Waals surface area contributed by atoms with E-state index in [9.17, 15) is 13.2 Å². The predicted octanol–water partition coefficient (Wildman–Crippen LogP) is 2.06. The van der Waals surface area contributed by atoms with Crippen LogP contribution in [0.4, 0.5) is 5.69 Å². The van der Waals surface area contributed by atoms with E-state index in [1.165, 1.54) is 4.31 Å². The van der Waals surface area contributed by atoms with E-state index in [0.717, 1.165) is 41.6 Å². The minimum atomic E-state index is -3.65. The van der Waals surface area contributed by atoms with Crippen LogP contribution in [-0.4, -0.2) is 38.9 Å². The van der Waals surface area contributed by atoms with Gasteiger partial charge in [-0.1, -0.05) is 24.3 Å². The van der Waals surface area contributed by atoms with Crippen molar-refractivity contribution >= 4 is 21.6 Å². The molecule has 1 amide bonds. The van der Waals surface area contributed by atoms with Crippen LogP contribution in [0.15, 0.2) is 47.4 Å². The van der Waals surface area contributed by atoms with Gasteiger partial charge < -0.3 is 10.6 Å². The smallest absolute Gasteiger partial charge is 0.264 e. The van der Waals surface area contributed by atoms with E-state index in [-0.39, 0.29) is 10.8 Å². The number of aryl methyl sites for hydroxylation is 1. The van der Waals surface area contributed by atoms with Crippen molar-refractivity contribution in [1.82, 2.24) is 4.90 Å². The maximum absolute atomic E-state index is 13.4. The van der Waals surface area contributed by atoms with Gasteiger partial charge in [-0.25, -0.2) is 8.42 Å². The molecule has 148 valence electrons. The number of nitrogens with two attached hydrogens (primary N) is 1. The Morgan fingerprint density at radius 1 is 1.00 bits per heavy atom. The van der Waals surface area contributed by atoms with Gasteiger partial charge in [-0.2, -0.15) is 0 Å². The number of hydrogen-bond donors (Lipinski definition) is 1. The van der Waals surface area contributed by atoms with Crippen LogP contribution < -0.4 is 10.0 Å².